The second-order valence-corrected chi connectivity index (χ2v) is 6.70. The Kier molecular flexibility index (Phi) is 6.33. The number of hydrogen-bond donors (Lipinski definition) is 1. The zero-order valence-electron chi connectivity index (χ0n) is 14.6. The quantitative estimate of drug-likeness (QED) is 0.657. The number of amides is 1. The van der Waals surface area contributed by atoms with Gasteiger partial charge in [0.05, 0.1) is 12.2 Å². The Hall–Kier alpha value is -2.73. The summed E-state index contributed by atoms with van der Waals surface area (Å²) < 4.78 is 5.53. The highest BCUT2D eigenvalue weighted by Crippen LogP contribution is 2.22. The number of hydrogen-bond acceptors (Lipinski definition) is 5. The van der Waals surface area contributed by atoms with Gasteiger partial charge in [-0.3, -0.25) is 9.78 Å². The smallest absolute Gasteiger partial charge is 0.258 e. The van der Waals surface area contributed by atoms with Crippen LogP contribution in [0.1, 0.15) is 24.6 Å². The van der Waals surface area contributed by atoms with Crippen molar-refractivity contribution in [3.05, 3.63) is 65.4 Å². The van der Waals surface area contributed by atoms with Crippen LogP contribution in [-0.4, -0.2) is 22.5 Å². The number of pyridine rings is 1. The molecule has 1 aromatic carbocycles. The number of nitrogens with zero attached hydrogens (tertiary/aromatic N) is 2. The number of thiazole rings is 1. The van der Waals surface area contributed by atoms with Gasteiger partial charge in [-0.05, 0) is 36.2 Å². The Morgan fingerprint density at radius 2 is 1.92 bits per heavy atom. The fourth-order valence-corrected chi connectivity index (χ4v) is 3.27. The molecule has 0 spiro atoms. The molecule has 26 heavy (non-hydrogen) atoms. The van der Waals surface area contributed by atoms with Gasteiger partial charge in [0.2, 0.25) is 0 Å². The van der Waals surface area contributed by atoms with Gasteiger partial charge in [0, 0.05) is 23.3 Å². The lowest BCUT2D eigenvalue weighted by atomic mass is 10.1. The van der Waals surface area contributed by atoms with Gasteiger partial charge >= 0.3 is 0 Å². The van der Waals surface area contributed by atoms with Gasteiger partial charge in [-0.15, -0.1) is 11.3 Å². The number of ether oxygens (including phenoxy) is 1. The third kappa shape index (κ3) is 5.13. The number of rotatable bonds is 8. The van der Waals surface area contributed by atoms with E-state index in [4.69, 9.17) is 4.74 Å². The maximum absolute atomic E-state index is 12.0. The summed E-state index contributed by atoms with van der Waals surface area (Å²) >= 11 is 1.55. The fourth-order valence-electron chi connectivity index (χ4n) is 2.45. The van der Waals surface area contributed by atoms with Crippen molar-refractivity contribution >= 4 is 17.2 Å². The van der Waals surface area contributed by atoms with Crippen LogP contribution in [0.3, 0.4) is 0 Å². The number of benzene rings is 1. The van der Waals surface area contributed by atoms with Crippen molar-refractivity contribution in [1.82, 2.24) is 15.3 Å². The first-order valence-electron chi connectivity index (χ1n) is 8.58. The zero-order chi connectivity index (χ0) is 18.2. The van der Waals surface area contributed by atoms with Gasteiger partial charge in [-0.1, -0.05) is 25.5 Å². The summed E-state index contributed by atoms with van der Waals surface area (Å²) in [5.74, 6) is 0.537. The minimum atomic E-state index is -0.166. The first-order valence-corrected chi connectivity index (χ1v) is 9.46. The summed E-state index contributed by atoms with van der Waals surface area (Å²) in [4.78, 5) is 20.5. The summed E-state index contributed by atoms with van der Waals surface area (Å²) in [6.45, 7) is 2.53. The maximum Gasteiger partial charge on any atom is 0.258 e. The average Bonchev–Trinajstić information content (AvgIpc) is 3.16. The molecule has 0 aliphatic rings. The average molecular weight is 367 g/mol. The van der Waals surface area contributed by atoms with Crippen LogP contribution >= 0.6 is 11.3 Å². The van der Waals surface area contributed by atoms with E-state index >= 15 is 0 Å². The van der Waals surface area contributed by atoms with Crippen LogP contribution in [0, 0.1) is 0 Å². The minimum Gasteiger partial charge on any atom is -0.484 e. The van der Waals surface area contributed by atoms with Gasteiger partial charge in [0.15, 0.2) is 6.61 Å². The lowest BCUT2D eigenvalue weighted by Crippen LogP contribution is -2.28. The fraction of sp³-hybridized carbons (Fsp3) is 0.250. The van der Waals surface area contributed by atoms with E-state index in [0.717, 1.165) is 29.1 Å². The van der Waals surface area contributed by atoms with Crippen molar-refractivity contribution in [2.75, 3.05) is 6.61 Å². The molecule has 0 saturated carbocycles. The molecule has 0 fully saturated rings. The molecule has 0 aliphatic carbocycles. The number of carbonyl (C=O) groups is 1. The molecule has 3 rings (SSSR count). The van der Waals surface area contributed by atoms with Crippen LogP contribution in [0.15, 0.2) is 54.2 Å². The van der Waals surface area contributed by atoms with E-state index in [9.17, 15) is 4.79 Å². The summed E-state index contributed by atoms with van der Waals surface area (Å²) in [7, 11) is 0. The highest BCUT2D eigenvalue weighted by Gasteiger charge is 2.07. The van der Waals surface area contributed by atoms with Crippen LogP contribution in [0.2, 0.25) is 0 Å². The molecule has 0 aliphatic heterocycles. The Balaban J connectivity index is 1.45. The molecule has 134 valence electrons. The van der Waals surface area contributed by atoms with Crippen molar-refractivity contribution in [3.63, 3.8) is 0 Å². The molecule has 2 aromatic heterocycles. The molecule has 2 heterocycles. The number of nitrogens with one attached hydrogen (secondary N) is 1. The van der Waals surface area contributed by atoms with Crippen LogP contribution < -0.4 is 10.1 Å². The van der Waals surface area contributed by atoms with E-state index in [1.807, 2.05) is 41.8 Å². The molecule has 5 nitrogen and oxygen atoms in total. The molecule has 1 amide bonds. The maximum atomic E-state index is 12.0. The molecule has 6 heteroatoms. The Labute approximate surface area is 157 Å². The lowest BCUT2D eigenvalue weighted by molar-refractivity contribution is -0.123. The Morgan fingerprint density at radius 3 is 2.65 bits per heavy atom. The summed E-state index contributed by atoms with van der Waals surface area (Å²) in [6.07, 6.45) is 5.65. The van der Waals surface area contributed by atoms with E-state index in [2.05, 4.69) is 22.2 Å². The van der Waals surface area contributed by atoms with E-state index in [0.29, 0.717) is 12.3 Å². The predicted octanol–water partition coefficient (Wildman–Crippen LogP) is 3.85. The van der Waals surface area contributed by atoms with Gasteiger partial charge in [-0.25, -0.2) is 4.98 Å². The Morgan fingerprint density at radius 1 is 1.15 bits per heavy atom. The molecule has 0 bridgehead atoms. The van der Waals surface area contributed by atoms with Gasteiger partial charge in [0.1, 0.15) is 10.8 Å². The van der Waals surface area contributed by atoms with Gasteiger partial charge < -0.3 is 10.1 Å². The third-order valence-electron chi connectivity index (χ3n) is 3.78. The Bertz CT molecular complexity index is 832. The number of aryl methyl sites for hydroxylation is 1. The van der Waals surface area contributed by atoms with Crippen LogP contribution in [0.5, 0.6) is 5.75 Å². The summed E-state index contributed by atoms with van der Waals surface area (Å²) in [5.41, 5.74) is 3.13. The molecule has 1 N–H and O–H groups in total. The first kappa shape index (κ1) is 18.1. The molecule has 0 unspecified atom stereocenters. The molecule has 0 radical (unpaired) electrons. The number of aromatic nitrogens is 2. The standard InChI is InChI=1S/C20H21N3O2S/c1-2-3-15-4-6-18(7-5-15)25-13-19(24)22-12-17-14-26-20(23-17)16-8-10-21-11-9-16/h4-11,14H,2-3,12-13H2,1H3,(H,22,24). The normalized spacial score (nSPS) is 10.5. The molecular weight excluding hydrogens is 346 g/mol. The van der Waals surface area contributed by atoms with E-state index in [-0.39, 0.29) is 12.5 Å². The SMILES string of the molecule is CCCc1ccc(OCC(=O)NCc2csc(-c3ccncc3)n2)cc1. The molecule has 0 atom stereocenters. The molecule has 3 aromatic rings. The minimum absolute atomic E-state index is 0.00548. The van der Waals surface area contributed by atoms with E-state index in [1.54, 1.807) is 23.7 Å². The third-order valence-corrected chi connectivity index (χ3v) is 4.72. The van der Waals surface area contributed by atoms with E-state index in [1.165, 1.54) is 5.56 Å². The highest BCUT2D eigenvalue weighted by atomic mass is 32.1. The van der Waals surface area contributed by atoms with Crippen molar-refractivity contribution in [3.8, 4) is 16.3 Å². The lowest BCUT2D eigenvalue weighted by Gasteiger charge is -2.07. The summed E-state index contributed by atoms with van der Waals surface area (Å²) in [6, 6.07) is 11.7. The first-order chi connectivity index (χ1) is 12.7. The second-order valence-electron chi connectivity index (χ2n) is 5.84. The van der Waals surface area contributed by atoms with Gasteiger partial charge in [0.25, 0.3) is 5.91 Å². The van der Waals surface area contributed by atoms with Crippen LogP contribution in [-0.2, 0) is 17.8 Å². The molecular formula is C20H21N3O2S. The highest BCUT2D eigenvalue weighted by molar-refractivity contribution is 7.13. The van der Waals surface area contributed by atoms with Crippen LogP contribution in [0.4, 0.5) is 0 Å². The van der Waals surface area contributed by atoms with Crippen molar-refractivity contribution in [2.45, 2.75) is 26.3 Å². The number of carbonyl (C=O) groups excluding carboxylic acids is 1. The topological polar surface area (TPSA) is 64.1 Å². The van der Waals surface area contributed by atoms with Gasteiger partial charge in [-0.2, -0.15) is 0 Å². The summed E-state index contributed by atoms with van der Waals surface area (Å²) in [5, 5.41) is 5.70. The zero-order valence-corrected chi connectivity index (χ0v) is 15.5. The van der Waals surface area contributed by atoms with E-state index < -0.39 is 0 Å². The molecule has 0 saturated heterocycles. The second kappa shape index (κ2) is 9.10. The van der Waals surface area contributed by atoms with Crippen LogP contribution in [0.25, 0.3) is 10.6 Å². The predicted molar refractivity (Wildman–Crippen MR) is 103 cm³/mol. The van der Waals surface area contributed by atoms with Crippen molar-refractivity contribution in [2.24, 2.45) is 0 Å². The van der Waals surface area contributed by atoms with Crippen molar-refractivity contribution < 1.29 is 9.53 Å². The van der Waals surface area contributed by atoms with Crippen molar-refractivity contribution in [1.29, 1.82) is 0 Å². The largest absolute Gasteiger partial charge is 0.484 e. The monoisotopic (exact) mass is 367 g/mol.